The van der Waals surface area contributed by atoms with Gasteiger partial charge >= 0.3 is 0 Å². The molecule has 0 aromatic heterocycles. The second kappa shape index (κ2) is 4.86. The summed E-state index contributed by atoms with van der Waals surface area (Å²) in [7, 11) is 0. The Kier molecular flexibility index (Phi) is 3.30. The third-order valence-corrected chi connectivity index (χ3v) is 4.36. The molecule has 20 heavy (non-hydrogen) atoms. The molecule has 4 rings (SSSR count). The highest BCUT2D eigenvalue weighted by Crippen LogP contribution is 2.50. The van der Waals surface area contributed by atoms with Crippen LogP contribution < -0.4 is 5.73 Å². The summed E-state index contributed by atoms with van der Waals surface area (Å²) in [6.45, 7) is 4.93. The van der Waals surface area contributed by atoms with Gasteiger partial charge in [0.1, 0.15) is 6.04 Å². The number of rotatable bonds is 5. The van der Waals surface area contributed by atoms with Crippen molar-refractivity contribution in [2.75, 3.05) is 6.54 Å². The normalized spacial score (nSPS) is 30.2. The molecule has 1 aromatic rings. The molecule has 0 spiro atoms. The van der Waals surface area contributed by atoms with Crippen molar-refractivity contribution in [2.24, 2.45) is 5.73 Å². The zero-order chi connectivity index (χ0) is 14.3. The highest BCUT2D eigenvalue weighted by atomic mass is 16.5. The van der Waals surface area contributed by atoms with Crippen LogP contribution in [0.4, 0.5) is 0 Å². The van der Waals surface area contributed by atoms with Gasteiger partial charge in [-0.25, -0.2) is 0 Å². The van der Waals surface area contributed by atoms with E-state index in [9.17, 15) is 4.79 Å². The van der Waals surface area contributed by atoms with E-state index in [4.69, 9.17) is 10.5 Å². The number of primary amides is 1. The quantitative estimate of drug-likeness (QED) is 0.891. The number of carbonyl (C=O) groups is 1. The molecule has 2 aliphatic heterocycles. The predicted octanol–water partition coefficient (Wildman–Crippen LogP) is 1.85. The van der Waals surface area contributed by atoms with Crippen molar-refractivity contribution >= 4 is 5.91 Å². The Morgan fingerprint density at radius 3 is 2.55 bits per heavy atom. The Hall–Kier alpha value is -1.39. The smallest absolute Gasteiger partial charge is 0.239 e. The Balaban J connectivity index is 1.80. The van der Waals surface area contributed by atoms with Crippen molar-refractivity contribution in [2.45, 2.75) is 50.5 Å². The largest absolute Gasteiger partial charge is 0.371 e. The standard InChI is InChI=1S/C16H22N2O2/c1-11(2)20-16-8-13(9-16)18(10-16)14(15(17)19)12-6-4-3-5-7-12/h3-7,11,13-14H,8-10H2,1-2H3,(H2,17,19). The van der Waals surface area contributed by atoms with Gasteiger partial charge in [0.2, 0.25) is 5.91 Å². The zero-order valence-corrected chi connectivity index (χ0v) is 12.1. The number of nitrogens with zero attached hydrogens (tertiary/aromatic N) is 1. The molecule has 1 aromatic carbocycles. The molecule has 1 amide bonds. The molecule has 1 atom stereocenters. The fourth-order valence-corrected chi connectivity index (χ4v) is 3.71. The minimum atomic E-state index is -0.332. The average Bonchev–Trinajstić information content (AvgIpc) is 2.83. The van der Waals surface area contributed by atoms with E-state index >= 15 is 0 Å². The fraction of sp³-hybridized carbons (Fsp3) is 0.562. The molecule has 3 fully saturated rings. The van der Waals surface area contributed by atoms with Gasteiger partial charge in [0, 0.05) is 12.6 Å². The number of hydrogen-bond acceptors (Lipinski definition) is 3. The molecule has 1 aliphatic carbocycles. The van der Waals surface area contributed by atoms with E-state index in [1.54, 1.807) is 0 Å². The van der Waals surface area contributed by atoms with Crippen LogP contribution in [0.25, 0.3) is 0 Å². The first kappa shape index (κ1) is 13.6. The fourth-order valence-electron chi connectivity index (χ4n) is 3.71. The van der Waals surface area contributed by atoms with E-state index in [0.717, 1.165) is 24.9 Å². The highest BCUT2D eigenvalue weighted by molar-refractivity contribution is 5.81. The van der Waals surface area contributed by atoms with Gasteiger partial charge < -0.3 is 10.5 Å². The maximum absolute atomic E-state index is 11.9. The van der Waals surface area contributed by atoms with E-state index in [1.165, 1.54) is 0 Å². The maximum atomic E-state index is 11.9. The lowest BCUT2D eigenvalue weighted by Crippen LogP contribution is -2.45. The van der Waals surface area contributed by atoms with E-state index < -0.39 is 0 Å². The molecule has 2 heterocycles. The van der Waals surface area contributed by atoms with Gasteiger partial charge in [-0.15, -0.1) is 0 Å². The van der Waals surface area contributed by atoms with Crippen LogP contribution in [0.2, 0.25) is 0 Å². The van der Waals surface area contributed by atoms with Gasteiger partial charge in [-0.2, -0.15) is 0 Å². The first-order chi connectivity index (χ1) is 9.51. The van der Waals surface area contributed by atoms with Crippen molar-refractivity contribution in [1.82, 2.24) is 4.90 Å². The van der Waals surface area contributed by atoms with Gasteiger partial charge in [0.15, 0.2) is 0 Å². The van der Waals surface area contributed by atoms with Gasteiger partial charge in [0.25, 0.3) is 0 Å². The number of benzene rings is 1. The molecule has 1 saturated carbocycles. The number of amides is 1. The summed E-state index contributed by atoms with van der Waals surface area (Å²) in [5, 5.41) is 0. The third-order valence-electron chi connectivity index (χ3n) is 4.36. The molecule has 3 aliphatic rings. The van der Waals surface area contributed by atoms with E-state index in [2.05, 4.69) is 18.7 Å². The lowest BCUT2D eigenvalue weighted by atomic mass is 9.81. The highest BCUT2D eigenvalue weighted by Gasteiger charge is 2.58. The number of fused-ring (bicyclic) bond motifs is 1. The van der Waals surface area contributed by atoms with Crippen LogP contribution in [0, 0.1) is 0 Å². The van der Waals surface area contributed by atoms with Crippen LogP contribution in [0.3, 0.4) is 0 Å². The molecular formula is C16H22N2O2. The van der Waals surface area contributed by atoms with E-state index in [-0.39, 0.29) is 23.7 Å². The molecule has 108 valence electrons. The van der Waals surface area contributed by atoms with Crippen LogP contribution in [-0.2, 0) is 9.53 Å². The Morgan fingerprint density at radius 1 is 1.35 bits per heavy atom. The summed E-state index contributed by atoms with van der Waals surface area (Å²) in [5.41, 5.74) is 6.58. The number of carbonyl (C=O) groups excluding carboxylic acids is 1. The van der Waals surface area contributed by atoms with Crippen LogP contribution in [-0.4, -0.2) is 35.1 Å². The number of ether oxygens (including phenoxy) is 1. The van der Waals surface area contributed by atoms with Crippen LogP contribution in [0.15, 0.2) is 30.3 Å². The second-order valence-electron chi connectivity index (χ2n) is 6.30. The summed E-state index contributed by atoms with van der Waals surface area (Å²) < 4.78 is 6.07. The summed E-state index contributed by atoms with van der Waals surface area (Å²) in [5.74, 6) is -0.275. The molecular weight excluding hydrogens is 252 g/mol. The van der Waals surface area contributed by atoms with Gasteiger partial charge in [-0.3, -0.25) is 9.69 Å². The first-order valence-corrected chi connectivity index (χ1v) is 7.29. The molecule has 0 radical (unpaired) electrons. The van der Waals surface area contributed by atoms with Crippen LogP contribution in [0.5, 0.6) is 0 Å². The van der Waals surface area contributed by atoms with Gasteiger partial charge in [0.05, 0.1) is 11.7 Å². The SMILES string of the molecule is CC(C)OC12CC(C1)N(C(C(N)=O)c1ccccc1)C2. The molecule has 1 unspecified atom stereocenters. The lowest BCUT2D eigenvalue weighted by molar-refractivity contribution is -0.123. The predicted molar refractivity (Wildman–Crippen MR) is 77.1 cm³/mol. The molecule has 4 nitrogen and oxygen atoms in total. The first-order valence-electron chi connectivity index (χ1n) is 7.29. The van der Waals surface area contributed by atoms with Crippen molar-refractivity contribution < 1.29 is 9.53 Å². The van der Waals surface area contributed by atoms with E-state index in [1.807, 2.05) is 30.3 Å². The molecule has 4 heteroatoms. The van der Waals surface area contributed by atoms with Crippen molar-refractivity contribution in [1.29, 1.82) is 0 Å². The van der Waals surface area contributed by atoms with Crippen molar-refractivity contribution in [3.05, 3.63) is 35.9 Å². The average molecular weight is 274 g/mol. The van der Waals surface area contributed by atoms with Crippen molar-refractivity contribution in [3.63, 3.8) is 0 Å². The Bertz CT molecular complexity index is 494. The zero-order valence-electron chi connectivity index (χ0n) is 12.1. The minimum Gasteiger partial charge on any atom is -0.371 e. The Morgan fingerprint density at radius 2 is 2.00 bits per heavy atom. The molecule has 2 saturated heterocycles. The number of hydrogen-bond donors (Lipinski definition) is 1. The summed E-state index contributed by atoms with van der Waals surface area (Å²) in [6, 6.07) is 9.89. The summed E-state index contributed by atoms with van der Waals surface area (Å²) in [4.78, 5) is 14.1. The monoisotopic (exact) mass is 274 g/mol. The van der Waals surface area contributed by atoms with Crippen molar-refractivity contribution in [3.8, 4) is 0 Å². The third kappa shape index (κ3) is 2.23. The lowest BCUT2D eigenvalue weighted by Gasteiger charge is -2.39. The minimum absolute atomic E-state index is 0.0543. The van der Waals surface area contributed by atoms with Crippen LogP contribution >= 0.6 is 0 Å². The molecule has 2 N–H and O–H groups in total. The van der Waals surface area contributed by atoms with Gasteiger partial charge in [-0.1, -0.05) is 30.3 Å². The van der Waals surface area contributed by atoms with E-state index in [0.29, 0.717) is 6.04 Å². The number of nitrogens with two attached hydrogens (primary N) is 1. The Labute approximate surface area is 119 Å². The van der Waals surface area contributed by atoms with Gasteiger partial charge in [-0.05, 0) is 32.3 Å². The maximum Gasteiger partial charge on any atom is 0.239 e. The summed E-state index contributed by atoms with van der Waals surface area (Å²) >= 11 is 0. The van der Waals surface area contributed by atoms with Crippen LogP contribution in [0.1, 0.15) is 38.3 Å². The topological polar surface area (TPSA) is 55.6 Å². The second-order valence-corrected chi connectivity index (χ2v) is 6.30. The summed E-state index contributed by atoms with van der Waals surface area (Å²) in [6.07, 6.45) is 2.25. The molecule has 2 bridgehead atoms.